The van der Waals surface area contributed by atoms with E-state index in [0.29, 0.717) is 5.92 Å². The van der Waals surface area contributed by atoms with E-state index in [-0.39, 0.29) is 6.42 Å². The Balaban J connectivity index is 2.10. The normalized spacial score (nSPS) is 11.3. The number of imidazole rings is 1. The average molecular weight is 323 g/mol. The van der Waals surface area contributed by atoms with Gasteiger partial charge in [-0.1, -0.05) is 19.9 Å². The highest BCUT2D eigenvalue weighted by atomic mass is 16.4. The lowest BCUT2D eigenvalue weighted by atomic mass is 10.1. The van der Waals surface area contributed by atoms with Crippen molar-refractivity contribution in [3.8, 4) is 11.4 Å². The number of carboxylic acids is 1. The van der Waals surface area contributed by atoms with Crippen molar-refractivity contribution >= 4 is 17.0 Å². The van der Waals surface area contributed by atoms with E-state index in [1.54, 1.807) is 12.4 Å². The van der Waals surface area contributed by atoms with Gasteiger partial charge in [-0.3, -0.25) is 9.78 Å². The molecule has 0 aliphatic heterocycles. The Morgan fingerprint density at radius 2 is 1.96 bits per heavy atom. The molecule has 2 aromatic heterocycles. The number of benzene rings is 1. The molecule has 0 fully saturated rings. The van der Waals surface area contributed by atoms with Gasteiger partial charge in [0.1, 0.15) is 5.82 Å². The van der Waals surface area contributed by atoms with Crippen molar-refractivity contribution in [3.05, 3.63) is 48.3 Å². The lowest BCUT2D eigenvalue weighted by molar-refractivity contribution is -0.136. The van der Waals surface area contributed by atoms with Crippen molar-refractivity contribution in [2.75, 3.05) is 0 Å². The Morgan fingerprint density at radius 3 is 2.62 bits per heavy atom. The van der Waals surface area contributed by atoms with Gasteiger partial charge in [0.15, 0.2) is 0 Å². The van der Waals surface area contributed by atoms with E-state index in [1.165, 1.54) is 0 Å². The smallest absolute Gasteiger partial charge is 0.307 e. The highest BCUT2D eigenvalue weighted by Gasteiger charge is 2.14. The number of aliphatic carboxylic acids is 1. The number of nitrogens with zero attached hydrogens (tertiary/aromatic N) is 3. The number of carboxylic acid groups (broad SMARTS) is 1. The molecule has 24 heavy (non-hydrogen) atoms. The Hall–Kier alpha value is -2.69. The fraction of sp³-hybridized carbons (Fsp3) is 0.316. The molecular weight excluding hydrogens is 302 g/mol. The van der Waals surface area contributed by atoms with E-state index in [9.17, 15) is 4.79 Å². The predicted molar refractivity (Wildman–Crippen MR) is 93.8 cm³/mol. The van der Waals surface area contributed by atoms with Gasteiger partial charge in [-0.15, -0.1) is 0 Å². The van der Waals surface area contributed by atoms with Crippen LogP contribution in [-0.4, -0.2) is 25.6 Å². The van der Waals surface area contributed by atoms with Gasteiger partial charge in [0, 0.05) is 24.5 Å². The molecule has 5 heteroatoms. The van der Waals surface area contributed by atoms with Crippen molar-refractivity contribution in [3.63, 3.8) is 0 Å². The fourth-order valence-electron chi connectivity index (χ4n) is 2.79. The van der Waals surface area contributed by atoms with Crippen LogP contribution in [0.1, 0.15) is 25.8 Å². The molecule has 124 valence electrons. The SMILES string of the molecule is CC(C)CCn1c(-c2ccncc2)nc2cc(CC(=O)O)ccc21. The van der Waals surface area contributed by atoms with Crippen LogP contribution in [0.3, 0.4) is 0 Å². The van der Waals surface area contributed by atoms with E-state index in [4.69, 9.17) is 10.1 Å². The summed E-state index contributed by atoms with van der Waals surface area (Å²) in [5, 5.41) is 8.99. The third-order valence-electron chi connectivity index (χ3n) is 4.04. The van der Waals surface area contributed by atoms with Crippen LogP contribution >= 0.6 is 0 Å². The summed E-state index contributed by atoms with van der Waals surface area (Å²) in [6.45, 7) is 5.29. The first-order valence-electron chi connectivity index (χ1n) is 8.16. The number of aryl methyl sites for hydroxylation is 1. The van der Waals surface area contributed by atoms with Gasteiger partial charge in [-0.2, -0.15) is 0 Å². The molecule has 0 saturated carbocycles. The Labute approximate surface area is 141 Å². The molecule has 2 heterocycles. The van der Waals surface area contributed by atoms with Gasteiger partial charge in [0.05, 0.1) is 17.5 Å². The second kappa shape index (κ2) is 6.83. The van der Waals surface area contributed by atoms with E-state index in [1.807, 2.05) is 30.3 Å². The van der Waals surface area contributed by atoms with Gasteiger partial charge in [-0.05, 0) is 42.2 Å². The van der Waals surface area contributed by atoms with Gasteiger partial charge in [0.2, 0.25) is 0 Å². The summed E-state index contributed by atoms with van der Waals surface area (Å²) in [5.41, 5.74) is 3.66. The van der Waals surface area contributed by atoms with Crippen LogP contribution in [0.2, 0.25) is 0 Å². The maximum Gasteiger partial charge on any atom is 0.307 e. The summed E-state index contributed by atoms with van der Waals surface area (Å²) in [7, 11) is 0. The molecule has 0 aliphatic rings. The molecule has 0 saturated heterocycles. The van der Waals surface area contributed by atoms with E-state index < -0.39 is 5.97 Å². The van der Waals surface area contributed by atoms with Crippen molar-refractivity contribution in [2.45, 2.75) is 33.2 Å². The average Bonchev–Trinajstić information content (AvgIpc) is 2.91. The summed E-state index contributed by atoms with van der Waals surface area (Å²) in [6.07, 6.45) is 4.59. The zero-order chi connectivity index (χ0) is 17.1. The lowest BCUT2D eigenvalue weighted by Gasteiger charge is -2.11. The number of hydrogen-bond acceptors (Lipinski definition) is 3. The van der Waals surface area contributed by atoms with E-state index in [2.05, 4.69) is 23.4 Å². The van der Waals surface area contributed by atoms with Crippen LogP contribution < -0.4 is 0 Å². The molecule has 5 nitrogen and oxygen atoms in total. The minimum Gasteiger partial charge on any atom is -0.481 e. The highest BCUT2D eigenvalue weighted by molar-refractivity contribution is 5.82. The van der Waals surface area contributed by atoms with Crippen LogP contribution in [0.4, 0.5) is 0 Å². The third-order valence-corrected chi connectivity index (χ3v) is 4.04. The van der Waals surface area contributed by atoms with Gasteiger partial charge >= 0.3 is 5.97 Å². The molecule has 0 aliphatic carbocycles. The van der Waals surface area contributed by atoms with Crippen LogP contribution in [0.25, 0.3) is 22.4 Å². The molecule has 0 spiro atoms. The number of hydrogen-bond donors (Lipinski definition) is 1. The summed E-state index contributed by atoms with van der Waals surface area (Å²) in [5.74, 6) is 0.669. The Bertz CT molecular complexity index is 854. The van der Waals surface area contributed by atoms with Gasteiger partial charge in [-0.25, -0.2) is 4.98 Å². The maximum atomic E-state index is 10.9. The third kappa shape index (κ3) is 3.45. The Kier molecular flexibility index (Phi) is 4.60. The van der Waals surface area contributed by atoms with Crippen LogP contribution in [0.15, 0.2) is 42.7 Å². The quantitative estimate of drug-likeness (QED) is 0.750. The number of rotatable bonds is 6. The van der Waals surface area contributed by atoms with Crippen molar-refractivity contribution < 1.29 is 9.90 Å². The van der Waals surface area contributed by atoms with Crippen molar-refractivity contribution in [1.82, 2.24) is 14.5 Å². The van der Waals surface area contributed by atoms with Crippen LogP contribution in [0.5, 0.6) is 0 Å². The minimum absolute atomic E-state index is 0.0133. The van der Waals surface area contributed by atoms with Crippen molar-refractivity contribution in [2.24, 2.45) is 5.92 Å². The lowest BCUT2D eigenvalue weighted by Crippen LogP contribution is -2.04. The summed E-state index contributed by atoms with van der Waals surface area (Å²) < 4.78 is 2.22. The van der Waals surface area contributed by atoms with E-state index in [0.717, 1.165) is 41.0 Å². The predicted octanol–water partition coefficient (Wildman–Crippen LogP) is 3.77. The maximum absolute atomic E-state index is 10.9. The second-order valence-electron chi connectivity index (χ2n) is 6.40. The number of pyridine rings is 1. The van der Waals surface area contributed by atoms with Gasteiger partial charge in [0.25, 0.3) is 0 Å². The zero-order valence-electron chi connectivity index (χ0n) is 13.9. The number of aromatic nitrogens is 3. The summed E-state index contributed by atoms with van der Waals surface area (Å²) >= 11 is 0. The van der Waals surface area contributed by atoms with Gasteiger partial charge < -0.3 is 9.67 Å². The fourth-order valence-corrected chi connectivity index (χ4v) is 2.79. The minimum atomic E-state index is -0.831. The second-order valence-corrected chi connectivity index (χ2v) is 6.40. The summed E-state index contributed by atoms with van der Waals surface area (Å²) in [6, 6.07) is 9.63. The number of carbonyl (C=O) groups is 1. The number of fused-ring (bicyclic) bond motifs is 1. The standard InChI is InChI=1S/C19H21N3O2/c1-13(2)7-10-22-17-4-3-14(12-18(23)24)11-16(17)21-19(22)15-5-8-20-9-6-15/h3-6,8-9,11,13H,7,10,12H2,1-2H3,(H,23,24). The molecule has 1 N–H and O–H groups in total. The van der Waals surface area contributed by atoms with E-state index >= 15 is 0 Å². The molecule has 3 rings (SSSR count). The van der Waals surface area contributed by atoms with Crippen LogP contribution in [-0.2, 0) is 17.8 Å². The molecular formula is C19H21N3O2. The largest absolute Gasteiger partial charge is 0.481 e. The zero-order valence-corrected chi connectivity index (χ0v) is 13.9. The molecule has 0 amide bonds. The van der Waals surface area contributed by atoms with Crippen LogP contribution in [0, 0.1) is 5.92 Å². The first-order chi connectivity index (χ1) is 11.5. The first-order valence-corrected chi connectivity index (χ1v) is 8.16. The molecule has 3 aromatic rings. The summed E-state index contributed by atoms with van der Waals surface area (Å²) in [4.78, 5) is 19.8. The molecule has 0 radical (unpaired) electrons. The Morgan fingerprint density at radius 1 is 1.21 bits per heavy atom. The highest BCUT2D eigenvalue weighted by Crippen LogP contribution is 2.26. The first kappa shape index (κ1) is 16.2. The molecule has 0 atom stereocenters. The molecule has 0 unspecified atom stereocenters. The molecule has 1 aromatic carbocycles. The van der Waals surface area contributed by atoms with Crippen molar-refractivity contribution in [1.29, 1.82) is 0 Å². The molecule has 0 bridgehead atoms. The monoisotopic (exact) mass is 323 g/mol. The topological polar surface area (TPSA) is 68.0 Å².